The van der Waals surface area contributed by atoms with E-state index in [-0.39, 0.29) is 0 Å². The topological polar surface area (TPSA) is 0 Å². The zero-order chi connectivity index (χ0) is 16.2. The van der Waals surface area contributed by atoms with Crippen LogP contribution in [0.4, 0.5) is 48.3 Å². The summed E-state index contributed by atoms with van der Waals surface area (Å²) in [6.45, 7) is 0. The van der Waals surface area contributed by atoms with Crippen LogP contribution in [0.15, 0.2) is 18.2 Å². The summed E-state index contributed by atoms with van der Waals surface area (Å²) in [5, 5.41) is 0. The van der Waals surface area contributed by atoms with E-state index in [2.05, 4.69) is 0 Å². The fraction of sp³-hybridized carbons (Fsp3) is 0.111. The minimum Gasteiger partial charge on any atom is -0.204 e. The van der Waals surface area contributed by atoms with E-state index in [4.69, 9.17) is 0 Å². The van der Waals surface area contributed by atoms with E-state index in [0.717, 1.165) is 0 Å². The van der Waals surface area contributed by atoms with Crippen molar-refractivity contribution in [3.8, 4) is 0 Å². The summed E-state index contributed by atoms with van der Waals surface area (Å²) in [7, 11) is 0. The summed E-state index contributed by atoms with van der Waals surface area (Å²) >= 11 is 0. The van der Waals surface area contributed by atoms with Crippen LogP contribution in [0.5, 0.6) is 0 Å². The van der Waals surface area contributed by atoms with Crippen LogP contribution in [0.3, 0.4) is 0 Å². The summed E-state index contributed by atoms with van der Waals surface area (Å²) in [4.78, 5) is 0. The summed E-state index contributed by atoms with van der Waals surface area (Å²) in [6, 6.07) is -0.437. The summed E-state index contributed by atoms with van der Waals surface area (Å²) in [6.07, 6.45) is -11.1. The average Bonchev–Trinajstić information content (AvgIpc) is 2.30. The van der Waals surface area contributed by atoms with E-state index in [0.29, 0.717) is 0 Å². The van der Waals surface area contributed by atoms with Gasteiger partial charge in [0.05, 0.1) is 5.56 Å². The monoisotopic (exact) mass is 318 g/mol. The largest absolute Gasteiger partial charge is 0.419 e. The van der Waals surface area contributed by atoms with Crippen molar-refractivity contribution in [1.29, 1.82) is 0 Å². The highest BCUT2D eigenvalue weighted by Gasteiger charge is 2.37. The van der Waals surface area contributed by atoms with Crippen LogP contribution >= 0.6 is 0 Å². The Labute approximate surface area is 103 Å². The Bertz CT molecular complexity index is 496. The Hall–Kier alpha value is -1.81. The first kappa shape index (κ1) is 18.2. The van der Waals surface area contributed by atoms with E-state index < -0.39 is 53.2 Å². The van der Waals surface area contributed by atoms with E-state index in [1.54, 1.807) is 0 Å². The van der Waals surface area contributed by atoms with Gasteiger partial charge in [0.2, 0.25) is 0 Å². The molecule has 0 aliphatic carbocycles. The van der Waals surface area contributed by atoms with Gasteiger partial charge in [-0.2, -0.15) is 30.7 Å². The predicted octanol–water partition coefficient (Wildman–Crippen LogP) is 5.25. The predicted molar refractivity (Wildman–Crippen MR) is 42.7 cm³/mol. The first-order valence-corrected chi connectivity index (χ1v) is 4.16. The van der Waals surface area contributed by atoms with E-state index in [1.165, 1.54) is 0 Å². The van der Waals surface area contributed by atoms with Crippen LogP contribution in [0.2, 0.25) is 0 Å². The van der Waals surface area contributed by atoms with Gasteiger partial charge < -0.3 is 0 Å². The van der Waals surface area contributed by atoms with Gasteiger partial charge in [0.15, 0.2) is 23.3 Å². The molecule has 0 aliphatic rings. The maximum absolute atomic E-state index is 12.4. The molecule has 0 atom stereocenters. The smallest absolute Gasteiger partial charge is 0.204 e. The van der Waals surface area contributed by atoms with Crippen molar-refractivity contribution >= 4 is 0 Å². The van der Waals surface area contributed by atoms with Gasteiger partial charge in [-0.15, -0.1) is 0 Å². The van der Waals surface area contributed by atoms with Gasteiger partial charge in [0.1, 0.15) is 0 Å². The Morgan fingerprint density at radius 1 is 0.700 bits per heavy atom. The highest BCUT2D eigenvalue weighted by Crippen LogP contribution is 2.33. The standard InChI is InChI=1S/C7HF7.C2F4/c8-3-1-2(7(12,13)14)4(9)6(11)5(3)10;3-1(4)2(5)6/h1H;. The fourth-order valence-corrected chi connectivity index (χ4v) is 0.779. The van der Waals surface area contributed by atoms with Crippen molar-refractivity contribution < 1.29 is 48.3 Å². The van der Waals surface area contributed by atoms with Gasteiger partial charge in [-0.05, 0) is 6.07 Å². The summed E-state index contributed by atoms with van der Waals surface area (Å²) < 4.78 is 126. The van der Waals surface area contributed by atoms with Crippen molar-refractivity contribution in [2.24, 2.45) is 0 Å². The molecular weight excluding hydrogens is 317 g/mol. The molecule has 0 radical (unpaired) electrons. The Balaban J connectivity index is 0.000000511. The van der Waals surface area contributed by atoms with E-state index in [9.17, 15) is 48.3 Å². The molecule has 1 rings (SSSR count). The zero-order valence-corrected chi connectivity index (χ0v) is 8.73. The molecule has 0 amide bonds. The number of benzene rings is 1. The van der Waals surface area contributed by atoms with Gasteiger partial charge in [-0.25, -0.2) is 17.6 Å². The van der Waals surface area contributed by atoms with Crippen LogP contribution in [0.1, 0.15) is 5.56 Å². The molecule has 1 aromatic rings. The molecule has 0 spiro atoms. The Morgan fingerprint density at radius 3 is 1.40 bits per heavy atom. The van der Waals surface area contributed by atoms with Crippen molar-refractivity contribution in [2.75, 3.05) is 0 Å². The first-order valence-electron chi connectivity index (χ1n) is 4.16. The molecule has 11 heteroatoms. The van der Waals surface area contributed by atoms with Gasteiger partial charge >= 0.3 is 18.3 Å². The molecule has 0 saturated heterocycles. The van der Waals surface area contributed by atoms with Crippen LogP contribution in [-0.2, 0) is 6.18 Å². The second-order valence-corrected chi connectivity index (χ2v) is 2.87. The van der Waals surface area contributed by atoms with Crippen LogP contribution in [0, 0.1) is 23.3 Å². The van der Waals surface area contributed by atoms with Gasteiger partial charge in [0.25, 0.3) is 0 Å². The average molecular weight is 318 g/mol. The number of alkyl halides is 3. The lowest BCUT2D eigenvalue weighted by Gasteiger charge is -2.08. The molecular formula is C9HF11. The highest BCUT2D eigenvalue weighted by atomic mass is 19.4. The molecule has 0 aromatic heterocycles. The molecule has 114 valence electrons. The molecule has 0 aliphatic heterocycles. The molecule has 0 N–H and O–H groups in total. The number of hydrogen-bond acceptors (Lipinski definition) is 0. The zero-order valence-electron chi connectivity index (χ0n) is 8.73. The van der Waals surface area contributed by atoms with Crippen molar-refractivity contribution in [3.63, 3.8) is 0 Å². The molecule has 1 aromatic carbocycles. The van der Waals surface area contributed by atoms with Crippen LogP contribution in [-0.4, -0.2) is 0 Å². The third-order valence-corrected chi connectivity index (χ3v) is 1.55. The molecule has 0 fully saturated rings. The van der Waals surface area contributed by atoms with Crippen molar-refractivity contribution in [1.82, 2.24) is 0 Å². The van der Waals surface area contributed by atoms with E-state index >= 15 is 0 Å². The van der Waals surface area contributed by atoms with Gasteiger partial charge in [-0.3, -0.25) is 0 Å². The minimum atomic E-state index is -5.26. The third kappa shape index (κ3) is 4.70. The fourth-order valence-electron chi connectivity index (χ4n) is 0.779. The maximum Gasteiger partial charge on any atom is 0.419 e. The maximum atomic E-state index is 12.4. The molecule has 0 heterocycles. The summed E-state index contributed by atoms with van der Waals surface area (Å²) in [5.41, 5.74) is -2.17. The molecule has 0 nitrogen and oxygen atoms in total. The number of halogens is 11. The van der Waals surface area contributed by atoms with Crippen molar-refractivity contribution in [2.45, 2.75) is 6.18 Å². The molecule has 0 bridgehead atoms. The Kier molecular flexibility index (Phi) is 5.97. The number of rotatable bonds is 0. The summed E-state index contributed by atoms with van der Waals surface area (Å²) in [5.74, 6) is -9.28. The molecule has 0 unspecified atom stereocenters. The van der Waals surface area contributed by atoms with Gasteiger partial charge in [-0.1, -0.05) is 0 Å². The quantitative estimate of drug-likeness (QED) is 0.348. The first-order chi connectivity index (χ1) is 8.89. The third-order valence-electron chi connectivity index (χ3n) is 1.55. The van der Waals surface area contributed by atoms with Crippen LogP contribution in [0.25, 0.3) is 0 Å². The second kappa shape index (κ2) is 6.57. The minimum absolute atomic E-state index is 0.437. The SMILES string of the molecule is FC(F)=C(F)F.Fc1cc(C(F)(F)F)c(F)c(F)c1F. The van der Waals surface area contributed by atoms with Gasteiger partial charge in [0, 0.05) is 0 Å². The molecule has 20 heavy (non-hydrogen) atoms. The lowest BCUT2D eigenvalue weighted by molar-refractivity contribution is -0.140. The molecule has 0 saturated carbocycles. The Morgan fingerprint density at radius 2 is 1.10 bits per heavy atom. The highest BCUT2D eigenvalue weighted by molar-refractivity contribution is 5.24. The second-order valence-electron chi connectivity index (χ2n) is 2.87. The lowest BCUT2D eigenvalue weighted by Crippen LogP contribution is -2.12. The number of hydrogen-bond donors (Lipinski definition) is 0. The van der Waals surface area contributed by atoms with Crippen molar-refractivity contribution in [3.05, 3.63) is 47.1 Å². The normalized spacial score (nSPS) is 10.8. The lowest BCUT2D eigenvalue weighted by atomic mass is 10.2. The van der Waals surface area contributed by atoms with E-state index in [1.807, 2.05) is 0 Å². The van der Waals surface area contributed by atoms with Crippen LogP contribution < -0.4 is 0 Å².